The zero-order chi connectivity index (χ0) is 25.3. The van der Waals surface area contributed by atoms with Gasteiger partial charge in [0.2, 0.25) is 15.9 Å². The van der Waals surface area contributed by atoms with Gasteiger partial charge in [-0.3, -0.25) is 9.69 Å². The Kier molecular flexibility index (Phi) is 7.86. The highest BCUT2D eigenvalue weighted by atomic mass is 32.2. The van der Waals surface area contributed by atoms with Crippen molar-refractivity contribution in [1.29, 1.82) is 0 Å². The Morgan fingerprint density at radius 2 is 1.89 bits per heavy atom. The van der Waals surface area contributed by atoms with Crippen molar-refractivity contribution >= 4 is 15.9 Å². The molecule has 0 aromatic heterocycles. The Hall–Kier alpha value is -1.75. The summed E-state index contributed by atoms with van der Waals surface area (Å²) in [6.07, 6.45) is 5.75. The van der Waals surface area contributed by atoms with Crippen LogP contribution in [0.5, 0.6) is 5.75 Å². The number of piperidine rings is 3. The first-order chi connectivity index (χ1) is 17.4. The van der Waals surface area contributed by atoms with Crippen LogP contribution in [0.1, 0.15) is 44.9 Å². The summed E-state index contributed by atoms with van der Waals surface area (Å²) in [5.74, 6) is 0.151. The van der Waals surface area contributed by atoms with E-state index in [0.717, 1.165) is 44.8 Å². The van der Waals surface area contributed by atoms with Crippen LogP contribution in [0, 0.1) is 17.7 Å². The molecule has 10 heteroatoms. The SMILES string of the molecule is COc1ccc(F)cc1S(=O)(=O)N1C[C@@H]2CCCN3CCC[C@@H]([C@H]23)[C@H]1CCCC(=O)N1CCOCC1. The second kappa shape index (κ2) is 10.9. The van der Waals surface area contributed by atoms with Gasteiger partial charge in [0.05, 0.1) is 20.3 Å². The number of hydrogen-bond acceptors (Lipinski definition) is 6. The van der Waals surface area contributed by atoms with Gasteiger partial charge in [-0.2, -0.15) is 4.31 Å². The van der Waals surface area contributed by atoms with Crippen molar-refractivity contribution in [3.05, 3.63) is 24.0 Å². The summed E-state index contributed by atoms with van der Waals surface area (Å²) in [5.41, 5.74) is 0. The van der Waals surface area contributed by atoms with E-state index >= 15 is 0 Å². The van der Waals surface area contributed by atoms with Crippen molar-refractivity contribution in [3.8, 4) is 5.75 Å². The summed E-state index contributed by atoms with van der Waals surface area (Å²) in [6.45, 7) is 4.94. The van der Waals surface area contributed by atoms with Gasteiger partial charge in [-0.15, -0.1) is 0 Å². The molecule has 1 amide bonds. The van der Waals surface area contributed by atoms with Crippen LogP contribution in [0.4, 0.5) is 4.39 Å². The van der Waals surface area contributed by atoms with Crippen LogP contribution < -0.4 is 4.74 Å². The smallest absolute Gasteiger partial charge is 0.247 e. The van der Waals surface area contributed by atoms with Gasteiger partial charge in [-0.05, 0) is 81.6 Å². The molecule has 0 bridgehead atoms. The Morgan fingerprint density at radius 1 is 1.14 bits per heavy atom. The molecule has 1 aromatic rings. The fourth-order valence-electron chi connectivity index (χ4n) is 7.00. The van der Waals surface area contributed by atoms with Gasteiger partial charge in [0.25, 0.3) is 0 Å². The predicted molar refractivity (Wildman–Crippen MR) is 133 cm³/mol. The Bertz CT molecular complexity index is 1050. The van der Waals surface area contributed by atoms with E-state index in [9.17, 15) is 17.6 Å². The number of rotatable bonds is 7. The number of nitrogens with zero attached hydrogens (tertiary/aromatic N) is 3. The number of benzene rings is 1. The van der Waals surface area contributed by atoms with E-state index in [4.69, 9.17) is 9.47 Å². The normalized spacial score (nSPS) is 29.6. The summed E-state index contributed by atoms with van der Waals surface area (Å²) < 4.78 is 54.7. The van der Waals surface area contributed by atoms with E-state index in [2.05, 4.69) is 4.90 Å². The predicted octanol–water partition coefficient (Wildman–Crippen LogP) is 2.73. The van der Waals surface area contributed by atoms with Crippen LogP contribution in [-0.2, 0) is 19.6 Å². The summed E-state index contributed by atoms with van der Waals surface area (Å²) >= 11 is 0. The molecule has 4 heterocycles. The number of methoxy groups -OCH3 is 1. The van der Waals surface area contributed by atoms with E-state index < -0.39 is 15.8 Å². The summed E-state index contributed by atoms with van der Waals surface area (Å²) in [5, 5.41) is 0. The van der Waals surface area contributed by atoms with Gasteiger partial charge in [0.15, 0.2) is 0 Å². The number of hydrogen-bond donors (Lipinski definition) is 0. The molecular weight excluding hydrogens is 485 g/mol. The van der Waals surface area contributed by atoms with Gasteiger partial charge in [0.1, 0.15) is 16.5 Å². The molecule has 0 spiro atoms. The number of morpholine rings is 1. The van der Waals surface area contributed by atoms with Crippen LogP contribution in [0.2, 0.25) is 0 Å². The van der Waals surface area contributed by atoms with Crippen molar-refractivity contribution < 1.29 is 27.1 Å². The largest absolute Gasteiger partial charge is 0.495 e. The third kappa shape index (κ3) is 5.01. The molecule has 1 aromatic carbocycles. The zero-order valence-corrected chi connectivity index (χ0v) is 21.9. The number of sulfonamides is 1. The second-order valence-corrected chi connectivity index (χ2v) is 12.4. The lowest BCUT2D eigenvalue weighted by atomic mass is 9.70. The number of carbonyl (C=O) groups is 1. The van der Waals surface area contributed by atoms with Gasteiger partial charge in [0, 0.05) is 38.1 Å². The summed E-state index contributed by atoms with van der Waals surface area (Å²) in [7, 11) is -2.59. The molecule has 4 saturated heterocycles. The van der Waals surface area contributed by atoms with Crippen molar-refractivity contribution in [2.24, 2.45) is 11.8 Å². The van der Waals surface area contributed by atoms with Crippen molar-refractivity contribution in [3.63, 3.8) is 0 Å². The molecule has 4 aliphatic rings. The minimum Gasteiger partial charge on any atom is -0.495 e. The van der Waals surface area contributed by atoms with Gasteiger partial charge < -0.3 is 14.4 Å². The maximum atomic E-state index is 14.2. The quantitative estimate of drug-likeness (QED) is 0.547. The lowest BCUT2D eigenvalue weighted by Crippen LogP contribution is -2.65. The van der Waals surface area contributed by atoms with Crippen LogP contribution in [-0.4, -0.2) is 93.6 Å². The molecule has 200 valence electrons. The van der Waals surface area contributed by atoms with Crippen molar-refractivity contribution in [1.82, 2.24) is 14.1 Å². The van der Waals surface area contributed by atoms with Crippen LogP contribution in [0.3, 0.4) is 0 Å². The summed E-state index contributed by atoms with van der Waals surface area (Å²) in [4.78, 5) is 17.1. The maximum absolute atomic E-state index is 14.2. The third-order valence-corrected chi connectivity index (χ3v) is 10.5. The van der Waals surface area contributed by atoms with Gasteiger partial charge in [-0.1, -0.05) is 0 Å². The monoisotopic (exact) mass is 523 g/mol. The molecule has 5 rings (SSSR count). The summed E-state index contributed by atoms with van der Waals surface area (Å²) in [6, 6.07) is 3.84. The molecule has 4 fully saturated rings. The zero-order valence-electron chi connectivity index (χ0n) is 21.1. The molecular formula is C26H38FN3O5S. The third-order valence-electron chi connectivity index (χ3n) is 8.59. The van der Waals surface area contributed by atoms with E-state index in [0.29, 0.717) is 58.2 Å². The van der Waals surface area contributed by atoms with E-state index in [1.165, 1.54) is 19.2 Å². The molecule has 0 aliphatic carbocycles. The maximum Gasteiger partial charge on any atom is 0.247 e. The highest BCUT2D eigenvalue weighted by Gasteiger charge is 2.51. The lowest BCUT2D eigenvalue weighted by molar-refractivity contribution is -0.135. The topological polar surface area (TPSA) is 79.4 Å². The van der Waals surface area contributed by atoms with Crippen LogP contribution in [0.15, 0.2) is 23.1 Å². The lowest BCUT2D eigenvalue weighted by Gasteiger charge is -2.57. The Balaban J connectivity index is 1.42. The van der Waals surface area contributed by atoms with Gasteiger partial charge in [-0.25, -0.2) is 12.8 Å². The van der Waals surface area contributed by atoms with Crippen LogP contribution >= 0.6 is 0 Å². The Morgan fingerprint density at radius 3 is 2.64 bits per heavy atom. The molecule has 0 unspecified atom stereocenters. The average Bonchev–Trinajstić information content (AvgIpc) is 2.90. The fourth-order valence-corrected chi connectivity index (χ4v) is 8.93. The molecule has 8 nitrogen and oxygen atoms in total. The molecule has 4 atom stereocenters. The van der Waals surface area contributed by atoms with Crippen molar-refractivity contribution in [2.75, 3.05) is 53.0 Å². The Labute approximate surface area is 213 Å². The van der Waals surface area contributed by atoms with Crippen molar-refractivity contribution in [2.45, 2.75) is 61.9 Å². The molecule has 0 radical (unpaired) electrons. The van der Waals surface area contributed by atoms with E-state index in [1.807, 2.05) is 4.90 Å². The molecule has 36 heavy (non-hydrogen) atoms. The standard InChI is InChI=1S/C26H38FN3O5S/c1-34-23-10-9-20(27)17-24(23)36(32,33)30-18-19-5-3-11-29-12-4-6-21(26(19)29)22(30)7-2-8-25(31)28-13-15-35-16-14-28/h9-10,17,19,21-22,26H,2-8,11-16,18H2,1H3/t19-,21+,22+,26-/m0/s1. The minimum absolute atomic E-state index is 0.108. The highest BCUT2D eigenvalue weighted by Crippen LogP contribution is 2.45. The van der Waals surface area contributed by atoms with Gasteiger partial charge >= 0.3 is 0 Å². The van der Waals surface area contributed by atoms with E-state index in [1.54, 1.807) is 4.31 Å². The first kappa shape index (κ1) is 25.9. The number of carbonyl (C=O) groups excluding carboxylic acids is 1. The number of amides is 1. The minimum atomic E-state index is -4.00. The fraction of sp³-hybridized carbons (Fsp3) is 0.731. The molecule has 4 aliphatic heterocycles. The molecule has 0 N–H and O–H groups in total. The second-order valence-electron chi connectivity index (χ2n) is 10.6. The average molecular weight is 524 g/mol. The highest BCUT2D eigenvalue weighted by molar-refractivity contribution is 7.89. The first-order valence-corrected chi connectivity index (χ1v) is 14.8. The number of halogens is 1. The van der Waals surface area contributed by atoms with Crippen LogP contribution in [0.25, 0.3) is 0 Å². The number of ether oxygens (including phenoxy) is 2. The first-order valence-electron chi connectivity index (χ1n) is 13.3. The molecule has 0 saturated carbocycles. The van der Waals surface area contributed by atoms with E-state index in [-0.39, 0.29) is 34.4 Å².